The lowest BCUT2D eigenvalue weighted by molar-refractivity contribution is 0.0227. The maximum atomic E-state index is 5.73. The summed E-state index contributed by atoms with van der Waals surface area (Å²) >= 11 is 1.43. The first kappa shape index (κ1) is 9.69. The highest BCUT2D eigenvalue weighted by Gasteiger charge is 2.35. The Hall–Kier alpha value is -0.520. The quantitative estimate of drug-likeness (QED) is 0.760. The van der Waals surface area contributed by atoms with Crippen molar-refractivity contribution in [2.45, 2.75) is 38.0 Å². The van der Waals surface area contributed by atoms with Crippen LogP contribution in [0.4, 0.5) is 0 Å². The van der Waals surface area contributed by atoms with Crippen LogP contribution in [0.15, 0.2) is 5.38 Å². The molecule has 0 spiro atoms. The Morgan fingerprint density at radius 1 is 1.53 bits per heavy atom. The predicted molar refractivity (Wildman–Crippen MR) is 57.7 cm³/mol. The van der Waals surface area contributed by atoms with E-state index >= 15 is 0 Å². The predicted octanol–water partition coefficient (Wildman–Crippen LogP) is 1.29. The molecule has 0 unspecified atom stereocenters. The van der Waals surface area contributed by atoms with E-state index in [2.05, 4.69) is 14.5 Å². The Balaban J connectivity index is 1.69. The van der Waals surface area contributed by atoms with Gasteiger partial charge in [0.25, 0.3) is 0 Å². The molecule has 2 fully saturated rings. The Labute approximate surface area is 93.4 Å². The third kappa shape index (κ3) is 1.91. The van der Waals surface area contributed by atoms with Crippen LogP contribution in [0.25, 0.3) is 0 Å². The Morgan fingerprint density at radius 3 is 3.40 bits per heavy atom. The summed E-state index contributed by atoms with van der Waals surface area (Å²) in [5.74, 6) is 0. The highest BCUT2D eigenvalue weighted by atomic mass is 32.1. The van der Waals surface area contributed by atoms with Crippen LogP contribution >= 0.6 is 11.5 Å². The summed E-state index contributed by atoms with van der Waals surface area (Å²) in [7, 11) is 0. The minimum absolute atomic E-state index is 0.477. The van der Waals surface area contributed by atoms with Crippen molar-refractivity contribution < 1.29 is 4.74 Å². The van der Waals surface area contributed by atoms with E-state index in [4.69, 9.17) is 4.74 Å². The van der Waals surface area contributed by atoms with Crippen molar-refractivity contribution in [1.29, 1.82) is 0 Å². The first-order chi connectivity index (χ1) is 7.43. The topological polar surface area (TPSA) is 38.2 Å². The number of aromatic nitrogens is 2. The van der Waals surface area contributed by atoms with Gasteiger partial charge in [0.05, 0.1) is 11.8 Å². The molecule has 15 heavy (non-hydrogen) atoms. The van der Waals surface area contributed by atoms with E-state index in [0.717, 1.165) is 18.8 Å². The van der Waals surface area contributed by atoms with Crippen LogP contribution in [-0.4, -0.2) is 39.8 Å². The van der Waals surface area contributed by atoms with Gasteiger partial charge in [-0.05, 0) is 37.3 Å². The summed E-state index contributed by atoms with van der Waals surface area (Å²) in [4.78, 5) is 2.51. The van der Waals surface area contributed by atoms with E-state index in [-0.39, 0.29) is 0 Å². The first-order valence-electron chi connectivity index (χ1n) is 5.55. The normalized spacial score (nSPS) is 31.7. The van der Waals surface area contributed by atoms with Crippen molar-refractivity contribution in [1.82, 2.24) is 14.5 Å². The van der Waals surface area contributed by atoms with Crippen LogP contribution in [0.5, 0.6) is 0 Å². The maximum Gasteiger partial charge on any atom is 0.0895 e. The minimum Gasteiger partial charge on any atom is -0.377 e. The molecule has 5 heteroatoms. The Morgan fingerprint density at radius 2 is 2.53 bits per heavy atom. The van der Waals surface area contributed by atoms with E-state index in [1.807, 2.05) is 5.38 Å². The summed E-state index contributed by atoms with van der Waals surface area (Å²) in [5.41, 5.74) is 1.10. The van der Waals surface area contributed by atoms with E-state index in [9.17, 15) is 0 Å². The number of likely N-dealkylation sites (tertiary alicyclic amines) is 1. The molecule has 0 saturated carbocycles. The maximum absolute atomic E-state index is 5.73. The third-order valence-electron chi connectivity index (χ3n) is 3.35. The molecule has 0 N–H and O–H groups in total. The highest BCUT2D eigenvalue weighted by Crippen LogP contribution is 2.29. The van der Waals surface area contributed by atoms with Crippen LogP contribution in [0.2, 0.25) is 0 Å². The summed E-state index contributed by atoms with van der Waals surface area (Å²) in [5, 5.41) is 6.15. The van der Waals surface area contributed by atoms with Crippen LogP contribution in [-0.2, 0) is 11.3 Å². The van der Waals surface area contributed by atoms with Crippen molar-refractivity contribution in [3.05, 3.63) is 11.1 Å². The molecule has 2 saturated heterocycles. The lowest BCUT2D eigenvalue weighted by Gasteiger charge is -2.35. The van der Waals surface area contributed by atoms with Gasteiger partial charge in [0, 0.05) is 24.6 Å². The summed E-state index contributed by atoms with van der Waals surface area (Å²) in [6, 6.07) is 0.625. The largest absolute Gasteiger partial charge is 0.377 e. The molecule has 0 aromatic carbocycles. The summed E-state index contributed by atoms with van der Waals surface area (Å²) in [6.45, 7) is 3.06. The van der Waals surface area contributed by atoms with Crippen LogP contribution in [0.3, 0.4) is 0 Å². The fourth-order valence-electron chi connectivity index (χ4n) is 2.65. The second-order valence-electron chi connectivity index (χ2n) is 4.27. The van der Waals surface area contributed by atoms with Gasteiger partial charge in [-0.15, -0.1) is 5.10 Å². The number of hydrogen-bond acceptors (Lipinski definition) is 5. The molecule has 1 aromatic heterocycles. The Kier molecular flexibility index (Phi) is 2.68. The molecule has 3 heterocycles. The molecular weight excluding hydrogens is 210 g/mol. The van der Waals surface area contributed by atoms with Gasteiger partial charge >= 0.3 is 0 Å². The lowest BCUT2D eigenvalue weighted by Crippen LogP contribution is -2.45. The molecule has 2 aliphatic heterocycles. The Bertz CT molecular complexity index is 316. The van der Waals surface area contributed by atoms with Crippen LogP contribution in [0, 0.1) is 0 Å². The van der Waals surface area contributed by atoms with Gasteiger partial charge in [-0.25, -0.2) is 0 Å². The standard InChI is InChI=1S/C10H15N3OS/c1-2-10-9(3-5-14-10)13(4-1)6-8-7-15-12-11-8/h7,9-10H,1-6H2/t9-,10-/m1/s1. The van der Waals surface area contributed by atoms with Gasteiger partial charge in [-0.1, -0.05) is 4.49 Å². The van der Waals surface area contributed by atoms with Crippen molar-refractivity contribution in [3.63, 3.8) is 0 Å². The van der Waals surface area contributed by atoms with E-state index in [0.29, 0.717) is 12.1 Å². The van der Waals surface area contributed by atoms with Gasteiger partial charge in [-0.3, -0.25) is 4.90 Å². The molecule has 2 atom stereocenters. The average Bonchev–Trinajstić information content (AvgIpc) is 2.87. The minimum atomic E-state index is 0.477. The molecule has 3 rings (SSSR count). The molecule has 0 aliphatic carbocycles. The fraction of sp³-hybridized carbons (Fsp3) is 0.800. The number of piperidine rings is 1. The van der Waals surface area contributed by atoms with E-state index < -0.39 is 0 Å². The summed E-state index contributed by atoms with van der Waals surface area (Å²) < 4.78 is 9.64. The average molecular weight is 225 g/mol. The number of ether oxygens (including phenoxy) is 1. The molecule has 0 amide bonds. The number of fused-ring (bicyclic) bond motifs is 1. The van der Waals surface area contributed by atoms with Gasteiger partial charge in [0.1, 0.15) is 0 Å². The van der Waals surface area contributed by atoms with Gasteiger partial charge < -0.3 is 4.74 Å². The van der Waals surface area contributed by atoms with Crippen molar-refractivity contribution in [2.75, 3.05) is 13.2 Å². The second-order valence-corrected chi connectivity index (χ2v) is 4.88. The van der Waals surface area contributed by atoms with E-state index in [1.165, 1.54) is 37.3 Å². The zero-order chi connectivity index (χ0) is 10.1. The third-order valence-corrected chi connectivity index (χ3v) is 3.90. The van der Waals surface area contributed by atoms with Gasteiger partial charge in [0.15, 0.2) is 0 Å². The van der Waals surface area contributed by atoms with Crippen molar-refractivity contribution in [2.24, 2.45) is 0 Å². The van der Waals surface area contributed by atoms with Crippen LogP contribution < -0.4 is 0 Å². The monoisotopic (exact) mass is 225 g/mol. The number of rotatable bonds is 2. The molecule has 4 nitrogen and oxygen atoms in total. The summed E-state index contributed by atoms with van der Waals surface area (Å²) in [6.07, 6.45) is 4.14. The van der Waals surface area contributed by atoms with Gasteiger partial charge in [0.2, 0.25) is 0 Å². The molecular formula is C10H15N3OS. The highest BCUT2D eigenvalue weighted by molar-refractivity contribution is 7.03. The van der Waals surface area contributed by atoms with Crippen molar-refractivity contribution >= 4 is 11.5 Å². The molecule has 82 valence electrons. The van der Waals surface area contributed by atoms with Crippen molar-refractivity contribution in [3.8, 4) is 0 Å². The first-order valence-corrected chi connectivity index (χ1v) is 6.39. The molecule has 0 radical (unpaired) electrons. The fourth-order valence-corrected chi connectivity index (χ4v) is 3.09. The SMILES string of the molecule is c1snnc1CN1CCC[C@H]2OCC[C@H]21. The number of hydrogen-bond donors (Lipinski definition) is 0. The molecule has 2 aliphatic rings. The lowest BCUT2D eigenvalue weighted by atomic mass is 9.98. The van der Waals surface area contributed by atoms with Gasteiger partial charge in [-0.2, -0.15) is 0 Å². The molecule has 0 bridgehead atoms. The zero-order valence-corrected chi connectivity index (χ0v) is 9.45. The van der Waals surface area contributed by atoms with Crippen LogP contribution in [0.1, 0.15) is 25.0 Å². The second kappa shape index (κ2) is 4.15. The molecule has 1 aromatic rings. The zero-order valence-electron chi connectivity index (χ0n) is 8.63. The smallest absolute Gasteiger partial charge is 0.0895 e. The van der Waals surface area contributed by atoms with E-state index in [1.54, 1.807) is 0 Å². The number of nitrogens with zero attached hydrogens (tertiary/aromatic N) is 3.